The fourth-order valence-electron chi connectivity index (χ4n) is 2.46. The zero-order valence-corrected chi connectivity index (χ0v) is 13.6. The highest BCUT2D eigenvalue weighted by Gasteiger charge is 2.40. The van der Waals surface area contributed by atoms with Crippen molar-refractivity contribution in [1.82, 2.24) is 20.3 Å². The molecule has 0 atom stereocenters. The number of hydrogen-bond donors (Lipinski definition) is 2. The summed E-state index contributed by atoms with van der Waals surface area (Å²) in [5.41, 5.74) is -0.968. The zero-order chi connectivity index (χ0) is 17.0. The van der Waals surface area contributed by atoms with Crippen molar-refractivity contribution in [2.24, 2.45) is 5.41 Å². The van der Waals surface area contributed by atoms with Crippen LogP contribution in [0.4, 0.5) is 0 Å². The maximum Gasteiger partial charge on any atom is 0.311 e. The molecule has 1 fully saturated rings. The summed E-state index contributed by atoms with van der Waals surface area (Å²) in [6, 6.07) is 1.70. The number of carboxylic acids is 1. The lowest BCUT2D eigenvalue weighted by Crippen LogP contribution is -2.46. The van der Waals surface area contributed by atoms with Gasteiger partial charge in [-0.05, 0) is 18.9 Å². The fourth-order valence-corrected chi connectivity index (χ4v) is 3.24. The molecule has 1 saturated heterocycles. The first-order chi connectivity index (χ1) is 11.6. The Balaban J connectivity index is 1.67. The van der Waals surface area contributed by atoms with Crippen LogP contribution in [-0.4, -0.2) is 51.7 Å². The SMILES string of the molecule is O=C(NCC1(C(=O)O)CCOCC1)c1cnc(-c2ncccn2)s1. The summed E-state index contributed by atoms with van der Waals surface area (Å²) >= 11 is 1.17. The van der Waals surface area contributed by atoms with Gasteiger partial charge in [0.25, 0.3) is 5.91 Å². The normalized spacial score (nSPS) is 16.5. The number of hydrogen-bond acceptors (Lipinski definition) is 7. The molecule has 0 radical (unpaired) electrons. The van der Waals surface area contributed by atoms with Crippen LogP contribution < -0.4 is 5.32 Å². The highest BCUT2D eigenvalue weighted by molar-refractivity contribution is 7.16. The maximum atomic E-state index is 12.3. The Morgan fingerprint density at radius 1 is 1.25 bits per heavy atom. The second kappa shape index (κ2) is 7.02. The molecule has 2 aromatic rings. The second-order valence-corrected chi connectivity index (χ2v) is 6.51. The minimum absolute atomic E-state index is 0.0690. The quantitative estimate of drug-likeness (QED) is 0.834. The van der Waals surface area contributed by atoms with E-state index < -0.39 is 11.4 Å². The average Bonchev–Trinajstić information content (AvgIpc) is 3.11. The summed E-state index contributed by atoms with van der Waals surface area (Å²) < 4.78 is 5.22. The lowest BCUT2D eigenvalue weighted by Gasteiger charge is -2.33. The molecule has 126 valence electrons. The number of amides is 1. The van der Waals surface area contributed by atoms with E-state index in [0.29, 0.717) is 41.8 Å². The Kier molecular flexibility index (Phi) is 4.81. The number of ether oxygens (including phenoxy) is 1. The van der Waals surface area contributed by atoms with Crippen LogP contribution in [0, 0.1) is 5.41 Å². The molecule has 2 N–H and O–H groups in total. The molecule has 1 aliphatic heterocycles. The molecule has 0 spiro atoms. The average molecular weight is 348 g/mol. The lowest BCUT2D eigenvalue weighted by molar-refractivity contribution is -0.154. The van der Waals surface area contributed by atoms with Crippen molar-refractivity contribution in [3.8, 4) is 10.8 Å². The Labute approximate surface area is 141 Å². The van der Waals surface area contributed by atoms with Gasteiger partial charge in [0.05, 0.1) is 11.6 Å². The number of rotatable bonds is 5. The van der Waals surface area contributed by atoms with Crippen molar-refractivity contribution in [2.45, 2.75) is 12.8 Å². The third-order valence-corrected chi connectivity index (χ3v) is 4.97. The summed E-state index contributed by atoms with van der Waals surface area (Å²) in [6.07, 6.45) is 5.42. The van der Waals surface area contributed by atoms with E-state index in [1.165, 1.54) is 17.5 Å². The molecule has 3 heterocycles. The van der Waals surface area contributed by atoms with Gasteiger partial charge in [-0.25, -0.2) is 15.0 Å². The summed E-state index contributed by atoms with van der Waals surface area (Å²) in [6.45, 7) is 0.843. The van der Waals surface area contributed by atoms with Crippen LogP contribution in [0.5, 0.6) is 0 Å². The topological polar surface area (TPSA) is 114 Å². The van der Waals surface area contributed by atoms with Gasteiger partial charge in [0.2, 0.25) is 0 Å². The van der Waals surface area contributed by atoms with E-state index in [1.807, 2.05) is 0 Å². The van der Waals surface area contributed by atoms with Crippen LogP contribution in [0.2, 0.25) is 0 Å². The zero-order valence-electron chi connectivity index (χ0n) is 12.8. The van der Waals surface area contributed by atoms with Crippen LogP contribution in [-0.2, 0) is 9.53 Å². The number of aliphatic carboxylic acids is 1. The highest BCUT2D eigenvalue weighted by Crippen LogP contribution is 2.30. The fraction of sp³-hybridized carbons (Fsp3) is 0.400. The molecule has 0 aliphatic carbocycles. The predicted molar refractivity (Wildman–Crippen MR) is 85.6 cm³/mol. The smallest absolute Gasteiger partial charge is 0.311 e. The first-order valence-corrected chi connectivity index (χ1v) is 8.25. The molecule has 8 nitrogen and oxygen atoms in total. The summed E-state index contributed by atoms with van der Waals surface area (Å²) in [5, 5.41) is 12.7. The highest BCUT2D eigenvalue weighted by atomic mass is 32.1. The number of aromatic nitrogens is 3. The number of carbonyl (C=O) groups excluding carboxylic acids is 1. The largest absolute Gasteiger partial charge is 0.481 e. The number of thiazole rings is 1. The van der Waals surface area contributed by atoms with Crippen molar-refractivity contribution in [2.75, 3.05) is 19.8 Å². The van der Waals surface area contributed by atoms with Crippen LogP contribution in [0.3, 0.4) is 0 Å². The maximum absolute atomic E-state index is 12.3. The Morgan fingerprint density at radius 2 is 1.96 bits per heavy atom. The minimum Gasteiger partial charge on any atom is -0.481 e. The standard InChI is InChI=1S/C15H16N4O4S/c20-12(19-9-15(14(21)22)2-6-23-7-3-15)10-8-18-13(24-10)11-16-4-1-5-17-11/h1,4-5,8H,2-3,6-7,9H2,(H,19,20)(H,21,22). The molecule has 3 rings (SSSR count). The summed E-state index contributed by atoms with van der Waals surface area (Å²) in [4.78, 5) is 36.6. The van der Waals surface area contributed by atoms with Gasteiger partial charge in [-0.2, -0.15) is 0 Å². The van der Waals surface area contributed by atoms with Crippen molar-refractivity contribution in [3.05, 3.63) is 29.5 Å². The van der Waals surface area contributed by atoms with Crippen molar-refractivity contribution in [1.29, 1.82) is 0 Å². The van der Waals surface area contributed by atoms with E-state index in [-0.39, 0.29) is 12.5 Å². The number of nitrogens with zero attached hydrogens (tertiary/aromatic N) is 3. The molecule has 0 bridgehead atoms. The summed E-state index contributed by atoms with van der Waals surface area (Å²) in [5.74, 6) is -0.802. The predicted octanol–water partition coefficient (Wildman–Crippen LogP) is 1.21. The van der Waals surface area contributed by atoms with Crippen molar-refractivity contribution >= 4 is 23.2 Å². The van der Waals surface area contributed by atoms with Gasteiger partial charge in [-0.15, -0.1) is 11.3 Å². The first-order valence-electron chi connectivity index (χ1n) is 7.43. The molecule has 2 aromatic heterocycles. The first kappa shape index (κ1) is 16.5. The molecular weight excluding hydrogens is 332 g/mol. The molecule has 0 saturated carbocycles. The van der Waals surface area contributed by atoms with Gasteiger partial charge >= 0.3 is 5.97 Å². The Morgan fingerprint density at radius 3 is 2.62 bits per heavy atom. The van der Waals surface area contributed by atoms with Crippen LogP contribution in [0.25, 0.3) is 10.8 Å². The van der Waals surface area contributed by atoms with E-state index in [0.717, 1.165) is 0 Å². The molecule has 9 heteroatoms. The summed E-state index contributed by atoms with van der Waals surface area (Å²) in [7, 11) is 0. The van der Waals surface area contributed by atoms with E-state index in [9.17, 15) is 14.7 Å². The Bertz CT molecular complexity index is 728. The molecular formula is C15H16N4O4S. The van der Waals surface area contributed by atoms with E-state index in [2.05, 4.69) is 20.3 Å². The number of nitrogens with one attached hydrogen (secondary N) is 1. The Hall–Kier alpha value is -2.39. The molecule has 0 aromatic carbocycles. The molecule has 1 aliphatic rings. The lowest BCUT2D eigenvalue weighted by atomic mass is 9.80. The van der Waals surface area contributed by atoms with E-state index in [1.54, 1.807) is 18.5 Å². The van der Waals surface area contributed by atoms with Crippen LogP contribution in [0.15, 0.2) is 24.7 Å². The van der Waals surface area contributed by atoms with E-state index >= 15 is 0 Å². The van der Waals surface area contributed by atoms with Crippen LogP contribution in [0.1, 0.15) is 22.5 Å². The van der Waals surface area contributed by atoms with Crippen LogP contribution >= 0.6 is 11.3 Å². The molecule has 24 heavy (non-hydrogen) atoms. The number of carbonyl (C=O) groups is 2. The monoisotopic (exact) mass is 348 g/mol. The van der Waals surface area contributed by atoms with Gasteiger partial charge in [0.15, 0.2) is 10.8 Å². The van der Waals surface area contributed by atoms with Gasteiger partial charge in [-0.1, -0.05) is 0 Å². The van der Waals surface area contributed by atoms with Gasteiger partial charge in [0, 0.05) is 32.2 Å². The molecule has 1 amide bonds. The van der Waals surface area contributed by atoms with E-state index in [4.69, 9.17) is 4.74 Å². The van der Waals surface area contributed by atoms with Gasteiger partial charge in [0.1, 0.15) is 4.88 Å². The third kappa shape index (κ3) is 3.41. The number of carboxylic acid groups (broad SMARTS) is 1. The van der Waals surface area contributed by atoms with Gasteiger partial charge in [-0.3, -0.25) is 9.59 Å². The minimum atomic E-state index is -0.968. The molecule has 0 unspecified atom stereocenters. The van der Waals surface area contributed by atoms with Gasteiger partial charge < -0.3 is 15.2 Å². The van der Waals surface area contributed by atoms with Crippen molar-refractivity contribution < 1.29 is 19.4 Å². The third-order valence-electron chi connectivity index (χ3n) is 3.98. The second-order valence-electron chi connectivity index (χ2n) is 5.48. The van der Waals surface area contributed by atoms with Crippen molar-refractivity contribution in [3.63, 3.8) is 0 Å².